The molecule has 0 fully saturated rings. The van der Waals surface area contributed by atoms with Crippen LogP contribution in [0.5, 0.6) is 0 Å². The molecule has 0 aromatic carbocycles. The van der Waals surface area contributed by atoms with E-state index in [2.05, 4.69) is 0 Å². The number of hydrogen-bond donors (Lipinski definition) is 1. The van der Waals surface area contributed by atoms with Crippen LogP contribution in [0.3, 0.4) is 0 Å². The van der Waals surface area contributed by atoms with Gasteiger partial charge in [-0.2, -0.15) is 0 Å². The topological polar surface area (TPSA) is 46.5 Å². The normalized spacial score (nSPS) is 14.3. The molecule has 0 amide bonds. The third-order valence-electron chi connectivity index (χ3n) is 1.32. The van der Waals surface area contributed by atoms with Crippen molar-refractivity contribution in [1.29, 1.82) is 0 Å². The summed E-state index contributed by atoms with van der Waals surface area (Å²) in [6.45, 7) is 7.53. The largest absolute Gasteiger partial charge is 0.479 e. The van der Waals surface area contributed by atoms with E-state index in [4.69, 9.17) is 9.84 Å². The second-order valence-corrected chi connectivity index (χ2v) is 3.85. The van der Waals surface area contributed by atoms with Crippen molar-refractivity contribution in [2.45, 2.75) is 52.2 Å². The van der Waals surface area contributed by atoms with Gasteiger partial charge in [0.15, 0.2) is 6.10 Å². The second-order valence-electron chi connectivity index (χ2n) is 3.85. The minimum absolute atomic E-state index is 0.377. The summed E-state index contributed by atoms with van der Waals surface area (Å²) in [7, 11) is 0. The van der Waals surface area contributed by atoms with E-state index >= 15 is 0 Å². The molecule has 0 heterocycles. The summed E-state index contributed by atoms with van der Waals surface area (Å²) in [6, 6.07) is 0. The molecule has 0 saturated heterocycles. The average Bonchev–Trinajstić information content (AvgIpc) is 1.83. The van der Waals surface area contributed by atoms with Crippen LogP contribution >= 0.6 is 0 Å². The predicted molar refractivity (Wildman–Crippen MR) is 47.2 cm³/mol. The van der Waals surface area contributed by atoms with Gasteiger partial charge in [0.25, 0.3) is 0 Å². The fraction of sp³-hybridized carbons (Fsp3) is 0.889. The SMILES string of the molecule is CCCC(OC(C)(C)C)C(=O)O. The van der Waals surface area contributed by atoms with Crippen molar-refractivity contribution in [3.8, 4) is 0 Å². The third-order valence-corrected chi connectivity index (χ3v) is 1.32. The van der Waals surface area contributed by atoms with Gasteiger partial charge >= 0.3 is 5.97 Å². The molecule has 0 aliphatic rings. The van der Waals surface area contributed by atoms with Crippen molar-refractivity contribution in [2.24, 2.45) is 0 Å². The molecule has 1 unspecified atom stereocenters. The molecule has 0 saturated carbocycles. The van der Waals surface area contributed by atoms with Crippen molar-refractivity contribution in [3.05, 3.63) is 0 Å². The van der Waals surface area contributed by atoms with Crippen molar-refractivity contribution < 1.29 is 14.6 Å². The van der Waals surface area contributed by atoms with Crippen LogP contribution in [-0.2, 0) is 9.53 Å². The molecule has 12 heavy (non-hydrogen) atoms. The summed E-state index contributed by atoms with van der Waals surface area (Å²) in [5.41, 5.74) is -0.377. The zero-order valence-electron chi connectivity index (χ0n) is 8.26. The van der Waals surface area contributed by atoms with E-state index < -0.39 is 12.1 Å². The number of aliphatic carboxylic acids is 1. The first kappa shape index (κ1) is 11.4. The number of ether oxygens (including phenoxy) is 1. The highest BCUT2D eigenvalue weighted by Crippen LogP contribution is 2.14. The Balaban J connectivity index is 4.05. The van der Waals surface area contributed by atoms with E-state index in [0.717, 1.165) is 6.42 Å². The van der Waals surface area contributed by atoms with Crippen LogP contribution in [0.25, 0.3) is 0 Å². The Morgan fingerprint density at radius 3 is 2.25 bits per heavy atom. The molecule has 0 rings (SSSR count). The molecule has 0 aliphatic carbocycles. The first-order chi connectivity index (χ1) is 5.37. The van der Waals surface area contributed by atoms with Crippen LogP contribution in [0.2, 0.25) is 0 Å². The highest BCUT2D eigenvalue weighted by atomic mass is 16.5. The van der Waals surface area contributed by atoms with Gasteiger partial charge in [-0.15, -0.1) is 0 Å². The quantitative estimate of drug-likeness (QED) is 0.709. The Bertz CT molecular complexity index is 146. The summed E-state index contributed by atoms with van der Waals surface area (Å²) in [5, 5.41) is 8.74. The Kier molecular flexibility index (Phi) is 4.24. The van der Waals surface area contributed by atoms with Gasteiger partial charge in [-0.05, 0) is 27.2 Å². The molecule has 72 valence electrons. The van der Waals surface area contributed by atoms with E-state index in [1.165, 1.54) is 0 Å². The van der Waals surface area contributed by atoms with Gasteiger partial charge in [-0.3, -0.25) is 0 Å². The van der Waals surface area contributed by atoms with Gasteiger partial charge in [-0.25, -0.2) is 4.79 Å². The van der Waals surface area contributed by atoms with Crippen molar-refractivity contribution in [3.63, 3.8) is 0 Å². The summed E-state index contributed by atoms with van der Waals surface area (Å²) in [4.78, 5) is 10.6. The Labute approximate surface area is 73.7 Å². The lowest BCUT2D eigenvalue weighted by Crippen LogP contribution is -2.33. The Morgan fingerprint density at radius 2 is 2.00 bits per heavy atom. The molecule has 0 aromatic heterocycles. The van der Waals surface area contributed by atoms with Crippen molar-refractivity contribution in [2.75, 3.05) is 0 Å². The molecule has 0 aromatic rings. The number of carbonyl (C=O) groups is 1. The van der Waals surface area contributed by atoms with Gasteiger partial charge in [0.05, 0.1) is 5.60 Å². The predicted octanol–water partition coefficient (Wildman–Crippen LogP) is 2.05. The van der Waals surface area contributed by atoms with E-state index in [1.807, 2.05) is 27.7 Å². The van der Waals surface area contributed by atoms with E-state index in [9.17, 15) is 4.79 Å². The number of hydrogen-bond acceptors (Lipinski definition) is 2. The summed E-state index contributed by atoms with van der Waals surface area (Å²) >= 11 is 0. The van der Waals surface area contributed by atoms with Gasteiger partial charge in [0.2, 0.25) is 0 Å². The second kappa shape index (κ2) is 4.45. The first-order valence-corrected chi connectivity index (χ1v) is 4.27. The molecular weight excluding hydrogens is 156 g/mol. The van der Waals surface area contributed by atoms with Gasteiger partial charge in [0, 0.05) is 0 Å². The van der Waals surface area contributed by atoms with Gasteiger partial charge in [0.1, 0.15) is 0 Å². The van der Waals surface area contributed by atoms with Crippen molar-refractivity contribution in [1.82, 2.24) is 0 Å². The maximum Gasteiger partial charge on any atom is 0.332 e. The van der Waals surface area contributed by atoms with Crippen LogP contribution in [0.1, 0.15) is 40.5 Å². The standard InChI is InChI=1S/C9H18O3/c1-5-6-7(8(10)11)12-9(2,3)4/h7H,5-6H2,1-4H3,(H,10,11). The zero-order chi connectivity index (χ0) is 9.78. The van der Waals surface area contributed by atoms with E-state index in [-0.39, 0.29) is 5.60 Å². The zero-order valence-corrected chi connectivity index (χ0v) is 8.26. The molecule has 0 aliphatic heterocycles. The fourth-order valence-electron chi connectivity index (χ4n) is 0.922. The van der Waals surface area contributed by atoms with Crippen molar-refractivity contribution >= 4 is 5.97 Å². The lowest BCUT2D eigenvalue weighted by atomic mass is 10.1. The minimum atomic E-state index is -0.869. The highest BCUT2D eigenvalue weighted by molar-refractivity contribution is 5.72. The lowest BCUT2D eigenvalue weighted by molar-refractivity contribution is -0.160. The van der Waals surface area contributed by atoms with Gasteiger partial charge < -0.3 is 9.84 Å². The van der Waals surface area contributed by atoms with Crippen LogP contribution in [-0.4, -0.2) is 22.8 Å². The monoisotopic (exact) mass is 174 g/mol. The molecule has 3 nitrogen and oxygen atoms in total. The van der Waals surface area contributed by atoms with Crippen LogP contribution < -0.4 is 0 Å². The molecule has 3 heteroatoms. The smallest absolute Gasteiger partial charge is 0.332 e. The highest BCUT2D eigenvalue weighted by Gasteiger charge is 2.23. The Morgan fingerprint density at radius 1 is 1.50 bits per heavy atom. The maximum absolute atomic E-state index is 10.6. The molecule has 0 bridgehead atoms. The molecule has 1 N–H and O–H groups in total. The average molecular weight is 174 g/mol. The van der Waals surface area contributed by atoms with Crippen LogP contribution in [0, 0.1) is 0 Å². The number of carboxylic acid groups (broad SMARTS) is 1. The molecular formula is C9H18O3. The van der Waals surface area contributed by atoms with Crippen LogP contribution in [0.4, 0.5) is 0 Å². The fourth-order valence-corrected chi connectivity index (χ4v) is 0.922. The summed E-state index contributed by atoms with van der Waals surface area (Å²) in [6.07, 6.45) is 0.745. The van der Waals surface area contributed by atoms with E-state index in [0.29, 0.717) is 6.42 Å². The number of rotatable bonds is 4. The molecule has 1 atom stereocenters. The number of carboxylic acids is 1. The Hall–Kier alpha value is -0.570. The maximum atomic E-state index is 10.6. The van der Waals surface area contributed by atoms with Gasteiger partial charge in [-0.1, -0.05) is 13.3 Å². The van der Waals surface area contributed by atoms with E-state index in [1.54, 1.807) is 0 Å². The first-order valence-electron chi connectivity index (χ1n) is 4.27. The summed E-state index contributed by atoms with van der Waals surface area (Å²) in [5.74, 6) is -0.869. The lowest BCUT2D eigenvalue weighted by Gasteiger charge is -2.24. The minimum Gasteiger partial charge on any atom is -0.479 e. The summed E-state index contributed by atoms with van der Waals surface area (Å²) < 4.78 is 5.34. The molecule has 0 radical (unpaired) electrons. The van der Waals surface area contributed by atoms with Crippen LogP contribution in [0.15, 0.2) is 0 Å². The third kappa shape index (κ3) is 5.13. The molecule has 0 spiro atoms.